The molecule has 0 bridgehead atoms. The van der Waals surface area contributed by atoms with Gasteiger partial charge in [-0.25, -0.2) is 4.79 Å². The zero-order valence-electron chi connectivity index (χ0n) is 19.1. The van der Waals surface area contributed by atoms with E-state index in [4.69, 9.17) is 4.42 Å². The Bertz CT molecular complexity index is 2010. The SMILES string of the molecule is O=c1oc2cc(-c3ccccc3)cc3c2c2c1cc(-c1ccccc1)cc2c(=O)n3-c1ccccc1. The summed E-state index contributed by atoms with van der Waals surface area (Å²) in [6, 6.07) is 36.9. The van der Waals surface area contributed by atoms with E-state index in [0.717, 1.165) is 33.3 Å². The third-order valence-electron chi connectivity index (χ3n) is 6.80. The van der Waals surface area contributed by atoms with E-state index in [1.54, 1.807) is 4.57 Å². The molecule has 0 N–H and O–H groups in total. The summed E-state index contributed by atoms with van der Waals surface area (Å²) in [6.45, 7) is 0. The largest absolute Gasteiger partial charge is 0.422 e. The van der Waals surface area contributed by atoms with Crippen LogP contribution in [-0.4, -0.2) is 4.57 Å². The van der Waals surface area contributed by atoms with Crippen LogP contribution >= 0.6 is 0 Å². The van der Waals surface area contributed by atoms with Crippen molar-refractivity contribution in [1.29, 1.82) is 0 Å². The predicted molar refractivity (Wildman–Crippen MR) is 145 cm³/mol. The molecule has 0 atom stereocenters. The Labute approximate surface area is 205 Å². The molecule has 0 saturated carbocycles. The summed E-state index contributed by atoms with van der Waals surface area (Å²) in [5.74, 6) is 0. The molecule has 0 unspecified atom stereocenters. The first-order valence-electron chi connectivity index (χ1n) is 11.8. The summed E-state index contributed by atoms with van der Waals surface area (Å²) < 4.78 is 7.65. The topological polar surface area (TPSA) is 52.2 Å². The number of hydrogen-bond donors (Lipinski definition) is 0. The molecule has 0 saturated heterocycles. The average molecular weight is 466 g/mol. The van der Waals surface area contributed by atoms with Crippen molar-refractivity contribution in [3.05, 3.63) is 136 Å². The number of pyridine rings is 1. The van der Waals surface area contributed by atoms with Crippen LogP contribution in [0, 0.1) is 0 Å². The smallest absolute Gasteiger partial charge is 0.344 e. The van der Waals surface area contributed by atoms with Crippen molar-refractivity contribution in [3.63, 3.8) is 0 Å². The van der Waals surface area contributed by atoms with E-state index in [1.165, 1.54) is 0 Å². The van der Waals surface area contributed by atoms with Gasteiger partial charge < -0.3 is 4.42 Å². The average Bonchev–Trinajstić information content (AvgIpc) is 2.93. The maximum Gasteiger partial charge on any atom is 0.344 e. The summed E-state index contributed by atoms with van der Waals surface area (Å²) in [7, 11) is 0. The van der Waals surface area contributed by atoms with E-state index >= 15 is 0 Å². The minimum absolute atomic E-state index is 0.173. The van der Waals surface area contributed by atoms with Crippen LogP contribution in [0.5, 0.6) is 0 Å². The van der Waals surface area contributed by atoms with Crippen molar-refractivity contribution in [2.24, 2.45) is 0 Å². The highest BCUT2D eigenvalue weighted by Crippen LogP contribution is 2.37. The summed E-state index contributed by atoms with van der Waals surface area (Å²) in [5.41, 5.74) is 4.88. The highest BCUT2D eigenvalue weighted by atomic mass is 16.4. The van der Waals surface area contributed by atoms with Crippen LogP contribution < -0.4 is 11.2 Å². The van der Waals surface area contributed by atoms with Crippen LogP contribution in [0.4, 0.5) is 0 Å². The van der Waals surface area contributed by atoms with Gasteiger partial charge in [0.2, 0.25) is 0 Å². The first-order chi connectivity index (χ1) is 17.7. The zero-order chi connectivity index (χ0) is 24.2. The van der Waals surface area contributed by atoms with Gasteiger partial charge in [-0.05, 0) is 58.7 Å². The lowest BCUT2D eigenvalue weighted by atomic mass is 9.94. The van der Waals surface area contributed by atoms with Crippen LogP contribution in [0.1, 0.15) is 0 Å². The van der Waals surface area contributed by atoms with E-state index in [1.807, 2.05) is 115 Å². The molecule has 0 fully saturated rings. The number of para-hydroxylation sites is 1. The van der Waals surface area contributed by atoms with Gasteiger partial charge >= 0.3 is 5.63 Å². The maximum absolute atomic E-state index is 14.2. The van der Waals surface area contributed by atoms with Crippen LogP contribution in [0.15, 0.2) is 129 Å². The van der Waals surface area contributed by atoms with Gasteiger partial charge in [-0.15, -0.1) is 0 Å². The second kappa shape index (κ2) is 7.79. The molecule has 0 aliphatic rings. The Morgan fingerprint density at radius 3 is 1.72 bits per heavy atom. The van der Waals surface area contributed by atoms with E-state index in [-0.39, 0.29) is 5.56 Å². The molecular weight excluding hydrogens is 446 g/mol. The third kappa shape index (κ3) is 3.01. The Morgan fingerprint density at radius 2 is 1.08 bits per heavy atom. The Morgan fingerprint density at radius 1 is 0.528 bits per heavy atom. The van der Waals surface area contributed by atoms with Crippen molar-refractivity contribution < 1.29 is 4.42 Å². The van der Waals surface area contributed by atoms with E-state index in [9.17, 15) is 9.59 Å². The van der Waals surface area contributed by atoms with Crippen LogP contribution in [0.2, 0.25) is 0 Å². The van der Waals surface area contributed by atoms with Crippen molar-refractivity contribution in [2.45, 2.75) is 0 Å². The standard InChI is InChI=1S/C32H19NO3/c34-31-25-16-22(20-10-4-1-5-11-20)17-26-29(25)30-27(33(31)24-14-8-3-9-15-24)18-23(19-28(30)36-32(26)35)21-12-6-2-7-13-21/h1-19H. The van der Waals surface area contributed by atoms with E-state index in [0.29, 0.717) is 27.3 Å². The van der Waals surface area contributed by atoms with Crippen molar-refractivity contribution in [2.75, 3.05) is 0 Å². The van der Waals surface area contributed by atoms with Gasteiger partial charge in [0.05, 0.1) is 16.3 Å². The molecule has 7 aromatic rings. The van der Waals surface area contributed by atoms with Gasteiger partial charge in [-0.3, -0.25) is 9.36 Å². The number of benzene rings is 5. The van der Waals surface area contributed by atoms with Gasteiger partial charge in [0, 0.05) is 16.5 Å². The number of nitrogens with zero attached hydrogens (tertiary/aromatic N) is 1. The summed E-state index contributed by atoms with van der Waals surface area (Å²) in [5, 5.41) is 2.32. The fourth-order valence-electron chi connectivity index (χ4n) is 5.16. The highest BCUT2D eigenvalue weighted by molar-refractivity contribution is 6.21. The van der Waals surface area contributed by atoms with Crippen LogP contribution in [0.3, 0.4) is 0 Å². The third-order valence-corrected chi connectivity index (χ3v) is 6.80. The molecule has 2 aromatic heterocycles. The number of aromatic nitrogens is 1. The molecule has 36 heavy (non-hydrogen) atoms. The maximum atomic E-state index is 14.2. The zero-order valence-corrected chi connectivity index (χ0v) is 19.1. The lowest BCUT2D eigenvalue weighted by Crippen LogP contribution is -2.20. The molecule has 7 rings (SSSR count). The second-order valence-electron chi connectivity index (χ2n) is 8.91. The summed E-state index contributed by atoms with van der Waals surface area (Å²) in [4.78, 5) is 27.5. The summed E-state index contributed by atoms with van der Waals surface area (Å²) >= 11 is 0. The van der Waals surface area contributed by atoms with Crippen LogP contribution in [0.25, 0.3) is 60.6 Å². The predicted octanol–water partition coefficient (Wildman–Crippen LogP) is 7.02. The van der Waals surface area contributed by atoms with Gasteiger partial charge in [0.25, 0.3) is 5.56 Å². The molecule has 0 aliphatic carbocycles. The molecule has 2 heterocycles. The van der Waals surface area contributed by atoms with Gasteiger partial charge in [-0.2, -0.15) is 0 Å². The normalized spacial score (nSPS) is 11.6. The van der Waals surface area contributed by atoms with Gasteiger partial charge in [0.15, 0.2) is 0 Å². The minimum atomic E-state index is -0.450. The highest BCUT2D eigenvalue weighted by Gasteiger charge is 2.21. The van der Waals surface area contributed by atoms with Crippen LogP contribution in [-0.2, 0) is 0 Å². The quantitative estimate of drug-likeness (QED) is 0.208. The number of hydrogen-bond acceptors (Lipinski definition) is 3. The molecule has 0 amide bonds. The lowest BCUT2D eigenvalue weighted by molar-refractivity contribution is 0.570. The first-order valence-corrected chi connectivity index (χ1v) is 11.8. The fraction of sp³-hybridized carbons (Fsp3) is 0. The Balaban J connectivity index is 1.70. The molecule has 170 valence electrons. The van der Waals surface area contributed by atoms with Crippen molar-refractivity contribution in [1.82, 2.24) is 4.57 Å². The van der Waals surface area contributed by atoms with E-state index < -0.39 is 5.63 Å². The Kier molecular flexibility index (Phi) is 4.42. The second-order valence-corrected chi connectivity index (χ2v) is 8.91. The molecule has 4 heteroatoms. The monoisotopic (exact) mass is 465 g/mol. The first kappa shape index (κ1) is 20.4. The van der Waals surface area contributed by atoms with E-state index in [2.05, 4.69) is 0 Å². The Hall–Kier alpha value is -4.96. The minimum Gasteiger partial charge on any atom is -0.422 e. The molecule has 0 radical (unpaired) electrons. The van der Waals surface area contributed by atoms with Crippen molar-refractivity contribution in [3.8, 4) is 27.9 Å². The molecule has 4 nitrogen and oxygen atoms in total. The molecule has 0 aliphatic heterocycles. The number of rotatable bonds is 3. The van der Waals surface area contributed by atoms with Crippen molar-refractivity contribution >= 4 is 32.6 Å². The molecule has 0 spiro atoms. The molecule has 5 aromatic carbocycles. The van der Waals surface area contributed by atoms with Gasteiger partial charge in [0.1, 0.15) is 5.58 Å². The lowest BCUT2D eigenvalue weighted by Gasteiger charge is -2.17. The molecular formula is C32H19NO3. The summed E-state index contributed by atoms with van der Waals surface area (Å²) in [6.07, 6.45) is 0. The van der Waals surface area contributed by atoms with Gasteiger partial charge in [-0.1, -0.05) is 78.9 Å². The fourth-order valence-corrected chi connectivity index (χ4v) is 5.16.